The Kier molecular flexibility index (Phi) is 9.24. The number of halogens is 2. The molecule has 5 nitrogen and oxygen atoms in total. The van der Waals surface area contributed by atoms with Crippen molar-refractivity contribution in [3.8, 4) is 11.5 Å². The van der Waals surface area contributed by atoms with E-state index >= 15 is 0 Å². The molecule has 158 valence electrons. The Labute approximate surface area is 181 Å². The summed E-state index contributed by atoms with van der Waals surface area (Å²) in [6.07, 6.45) is 1.21. The summed E-state index contributed by atoms with van der Waals surface area (Å²) in [7, 11) is 1.95. The van der Waals surface area contributed by atoms with Gasteiger partial charge in [-0.15, -0.1) is 0 Å². The van der Waals surface area contributed by atoms with Gasteiger partial charge >= 0.3 is 0 Å². The second-order valence-corrected chi connectivity index (χ2v) is 7.91. The maximum Gasteiger partial charge on any atom is 0.157 e. The SMILES string of the molecule is CC(C)c1cc(Cc2c(Cl)cc(OCC=O)cc2Cl)ccc1O.CNC1COC1. The van der Waals surface area contributed by atoms with Crippen molar-refractivity contribution in [2.45, 2.75) is 32.2 Å². The quantitative estimate of drug-likeness (QED) is 0.617. The number of aldehydes is 1. The minimum absolute atomic E-state index is 0.0400. The largest absolute Gasteiger partial charge is 0.508 e. The molecule has 3 rings (SSSR count). The molecule has 1 aliphatic rings. The molecule has 1 aliphatic heterocycles. The van der Waals surface area contributed by atoms with Crippen molar-refractivity contribution in [2.75, 3.05) is 26.9 Å². The minimum Gasteiger partial charge on any atom is -0.508 e. The lowest BCUT2D eigenvalue weighted by molar-refractivity contribution is -0.109. The van der Waals surface area contributed by atoms with Crippen molar-refractivity contribution < 1.29 is 19.4 Å². The highest BCUT2D eigenvalue weighted by atomic mass is 35.5. The molecule has 0 bridgehead atoms. The third kappa shape index (κ3) is 6.89. The lowest BCUT2D eigenvalue weighted by atomic mass is 9.96. The van der Waals surface area contributed by atoms with Crippen LogP contribution in [-0.2, 0) is 16.0 Å². The van der Waals surface area contributed by atoms with E-state index in [1.54, 1.807) is 18.2 Å². The van der Waals surface area contributed by atoms with E-state index < -0.39 is 0 Å². The van der Waals surface area contributed by atoms with Crippen molar-refractivity contribution in [1.82, 2.24) is 5.32 Å². The zero-order chi connectivity index (χ0) is 21.4. The molecule has 0 spiro atoms. The minimum atomic E-state index is -0.0400. The van der Waals surface area contributed by atoms with Crippen LogP contribution in [0, 0.1) is 0 Å². The molecule has 1 saturated heterocycles. The number of likely N-dealkylation sites (N-methyl/N-ethyl adjacent to an activating group) is 1. The highest BCUT2D eigenvalue weighted by molar-refractivity contribution is 6.36. The second kappa shape index (κ2) is 11.4. The molecule has 1 fully saturated rings. The predicted molar refractivity (Wildman–Crippen MR) is 117 cm³/mol. The lowest BCUT2D eigenvalue weighted by Gasteiger charge is -2.24. The maximum atomic E-state index is 10.4. The molecule has 0 amide bonds. The first-order valence-corrected chi connectivity index (χ1v) is 10.2. The van der Waals surface area contributed by atoms with E-state index in [-0.39, 0.29) is 12.5 Å². The smallest absolute Gasteiger partial charge is 0.157 e. The normalized spacial score (nSPS) is 13.4. The maximum absolute atomic E-state index is 10.4. The molecule has 2 aromatic rings. The zero-order valence-corrected chi connectivity index (χ0v) is 18.4. The van der Waals surface area contributed by atoms with Crippen molar-refractivity contribution in [3.63, 3.8) is 0 Å². The zero-order valence-electron chi connectivity index (χ0n) is 16.9. The van der Waals surface area contributed by atoms with Gasteiger partial charge in [0.25, 0.3) is 0 Å². The number of phenols is 1. The van der Waals surface area contributed by atoms with Crippen molar-refractivity contribution in [1.29, 1.82) is 0 Å². The van der Waals surface area contributed by atoms with Gasteiger partial charge in [0.05, 0.1) is 19.3 Å². The molecular formula is C22H27Cl2NO4. The van der Waals surface area contributed by atoms with Crippen LogP contribution in [0.3, 0.4) is 0 Å². The van der Waals surface area contributed by atoms with E-state index in [0.717, 1.165) is 29.9 Å². The van der Waals surface area contributed by atoms with Gasteiger partial charge in [0.2, 0.25) is 0 Å². The average Bonchev–Trinajstić information content (AvgIpc) is 2.63. The lowest BCUT2D eigenvalue weighted by Crippen LogP contribution is -2.43. The van der Waals surface area contributed by atoms with E-state index in [9.17, 15) is 9.90 Å². The molecule has 2 N–H and O–H groups in total. The van der Waals surface area contributed by atoms with Crippen molar-refractivity contribution in [2.24, 2.45) is 0 Å². The molecule has 0 radical (unpaired) electrons. The summed E-state index contributed by atoms with van der Waals surface area (Å²) in [4.78, 5) is 10.4. The summed E-state index contributed by atoms with van der Waals surface area (Å²) in [6, 6.07) is 9.44. The van der Waals surface area contributed by atoms with Crippen LogP contribution in [0.4, 0.5) is 0 Å². The summed E-state index contributed by atoms with van der Waals surface area (Å²) < 4.78 is 10.1. The molecule has 1 heterocycles. The molecule has 0 saturated carbocycles. The van der Waals surface area contributed by atoms with Gasteiger partial charge in [0.1, 0.15) is 18.1 Å². The highest BCUT2D eigenvalue weighted by Crippen LogP contribution is 2.33. The third-order valence-corrected chi connectivity index (χ3v) is 5.25. The van der Waals surface area contributed by atoms with Gasteiger partial charge in [0, 0.05) is 16.5 Å². The van der Waals surface area contributed by atoms with E-state index in [2.05, 4.69) is 5.32 Å². The van der Waals surface area contributed by atoms with Gasteiger partial charge in [-0.3, -0.25) is 4.79 Å². The molecule has 0 unspecified atom stereocenters. The molecule has 29 heavy (non-hydrogen) atoms. The number of hydrogen-bond acceptors (Lipinski definition) is 5. The monoisotopic (exact) mass is 439 g/mol. The Morgan fingerprint density at radius 1 is 1.24 bits per heavy atom. The first kappa shape index (κ1) is 23.5. The fourth-order valence-corrected chi connectivity index (χ4v) is 3.35. The number of phenolic OH excluding ortho intramolecular Hbond substituents is 1. The van der Waals surface area contributed by atoms with Crippen LogP contribution in [0.2, 0.25) is 10.0 Å². The number of benzene rings is 2. The molecule has 0 atom stereocenters. The number of nitrogens with one attached hydrogen (secondary N) is 1. The van der Waals surface area contributed by atoms with Gasteiger partial charge in [0.15, 0.2) is 6.29 Å². The summed E-state index contributed by atoms with van der Waals surface area (Å²) in [6.45, 7) is 5.81. The first-order valence-electron chi connectivity index (χ1n) is 9.46. The highest BCUT2D eigenvalue weighted by Gasteiger charge is 2.14. The van der Waals surface area contributed by atoms with Crippen LogP contribution in [0.15, 0.2) is 30.3 Å². The number of carbonyl (C=O) groups is 1. The van der Waals surface area contributed by atoms with Crippen LogP contribution >= 0.6 is 23.2 Å². The predicted octanol–water partition coefficient (Wildman–Crippen LogP) is 4.60. The number of ether oxygens (including phenoxy) is 2. The fraction of sp³-hybridized carbons (Fsp3) is 0.409. The van der Waals surface area contributed by atoms with E-state index in [1.807, 2.05) is 33.0 Å². The Morgan fingerprint density at radius 3 is 2.34 bits per heavy atom. The molecule has 0 aliphatic carbocycles. The van der Waals surface area contributed by atoms with E-state index in [4.69, 9.17) is 32.7 Å². The van der Waals surface area contributed by atoms with Gasteiger partial charge in [-0.25, -0.2) is 0 Å². The van der Waals surface area contributed by atoms with Gasteiger partial charge in [-0.2, -0.15) is 0 Å². The Hall–Kier alpha value is -1.79. The summed E-state index contributed by atoms with van der Waals surface area (Å²) >= 11 is 12.6. The summed E-state index contributed by atoms with van der Waals surface area (Å²) in [5, 5.41) is 13.9. The van der Waals surface area contributed by atoms with Gasteiger partial charge < -0.3 is 19.9 Å². The van der Waals surface area contributed by atoms with Crippen LogP contribution in [-0.4, -0.2) is 44.3 Å². The number of aromatic hydroxyl groups is 1. The molecular weight excluding hydrogens is 413 g/mol. The third-order valence-electron chi connectivity index (χ3n) is 4.57. The fourth-order valence-electron chi connectivity index (χ4n) is 2.75. The Bertz CT molecular complexity index is 797. The average molecular weight is 440 g/mol. The topological polar surface area (TPSA) is 67.8 Å². The molecule has 2 aromatic carbocycles. The molecule has 0 aromatic heterocycles. The van der Waals surface area contributed by atoms with Crippen LogP contribution in [0.1, 0.15) is 36.5 Å². The number of hydrogen-bond donors (Lipinski definition) is 2. The van der Waals surface area contributed by atoms with E-state index in [1.165, 1.54) is 0 Å². The van der Waals surface area contributed by atoms with Crippen molar-refractivity contribution in [3.05, 3.63) is 57.1 Å². The standard InChI is InChI=1S/C18H18Cl2O3.C4H9NO/c1-11(2)14-7-12(3-4-18(14)22)8-15-16(19)9-13(10-17(15)20)23-6-5-21;1-5-4-2-6-3-4/h3-5,7,9-11,22H,6,8H2,1-2H3;4-5H,2-3H2,1H3. The van der Waals surface area contributed by atoms with Gasteiger partial charge in [-0.1, -0.05) is 49.2 Å². The van der Waals surface area contributed by atoms with Crippen molar-refractivity contribution >= 4 is 29.5 Å². The second-order valence-electron chi connectivity index (χ2n) is 7.09. The Morgan fingerprint density at radius 2 is 1.90 bits per heavy atom. The van der Waals surface area contributed by atoms with E-state index in [0.29, 0.717) is 40.3 Å². The number of rotatable bonds is 7. The first-order chi connectivity index (χ1) is 13.8. The summed E-state index contributed by atoms with van der Waals surface area (Å²) in [5.74, 6) is 0.975. The van der Waals surface area contributed by atoms with Gasteiger partial charge in [-0.05, 0) is 47.9 Å². The molecule has 7 heteroatoms. The Balaban J connectivity index is 0.000000426. The summed E-state index contributed by atoms with van der Waals surface area (Å²) in [5.41, 5.74) is 2.68. The number of carbonyl (C=O) groups excluding carboxylic acids is 1. The van der Waals surface area contributed by atoms with Crippen LogP contribution in [0.25, 0.3) is 0 Å². The van der Waals surface area contributed by atoms with Crippen LogP contribution in [0.5, 0.6) is 11.5 Å². The van der Waals surface area contributed by atoms with Crippen LogP contribution < -0.4 is 10.1 Å².